The summed E-state index contributed by atoms with van der Waals surface area (Å²) in [4.78, 5) is 24.3. The van der Waals surface area contributed by atoms with Crippen molar-refractivity contribution in [1.82, 2.24) is 15.3 Å². The molecule has 1 aliphatic heterocycles. The lowest BCUT2D eigenvalue weighted by atomic mass is 10.3. The Morgan fingerprint density at radius 1 is 1.24 bits per heavy atom. The third-order valence-corrected chi connectivity index (χ3v) is 3.09. The summed E-state index contributed by atoms with van der Waals surface area (Å²) >= 11 is 0. The minimum Gasteiger partial charge on any atom is -0.414 e. The molecule has 0 atom stereocenters. The van der Waals surface area contributed by atoms with Gasteiger partial charge < -0.3 is 14.6 Å². The van der Waals surface area contributed by atoms with Crippen LogP contribution in [0.5, 0.6) is 0 Å². The monoisotopic (exact) mass is 293 g/mol. The number of nitrogens with zero attached hydrogens (tertiary/aromatic N) is 3. The molecule has 116 valence electrons. The van der Waals surface area contributed by atoms with Crippen molar-refractivity contribution >= 4 is 18.1 Å². The van der Waals surface area contributed by atoms with E-state index in [2.05, 4.69) is 15.4 Å². The number of aliphatic imine (C=N–C) groups is 1. The van der Waals surface area contributed by atoms with Crippen molar-refractivity contribution in [3.63, 3.8) is 0 Å². The van der Waals surface area contributed by atoms with Crippen LogP contribution >= 0.6 is 0 Å². The van der Waals surface area contributed by atoms with Crippen LogP contribution < -0.4 is 5.48 Å². The van der Waals surface area contributed by atoms with Crippen molar-refractivity contribution in [2.45, 2.75) is 13.8 Å². The van der Waals surface area contributed by atoms with E-state index in [1.165, 1.54) is 0 Å². The van der Waals surface area contributed by atoms with E-state index < -0.39 is 0 Å². The molecule has 7 heteroatoms. The second-order valence-electron chi connectivity index (χ2n) is 4.55. The summed E-state index contributed by atoms with van der Waals surface area (Å²) in [7, 11) is 1.69. The highest BCUT2D eigenvalue weighted by Crippen LogP contribution is 2.04. The molecule has 1 amide bonds. The first-order valence-corrected chi connectivity index (χ1v) is 6.84. The van der Waals surface area contributed by atoms with Crippen LogP contribution in [0.4, 0.5) is 0 Å². The number of hydrogen-bond acceptors (Lipinski definition) is 4. The van der Waals surface area contributed by atoms with Gasteiger partial charge in [0.15, 0.2) is 0 Å². The summed E-state index contributed by atoms with van der Waals surface area (Å²) in [6.45, 7) is 6.20. The largest absolute Gasteiger partial charge is 0.414 e. The van der Waals surface area contributed by atoms with Crippen molar-refractivity contribution < 1.29 is 9.63 Å². The summed E-state index contributed by atoms with van der Waals surface area (Å²) in [6, 6.07) is 0. The zero-order valence-corrected chi connectivity index (χ0v) is 12.8. The predicted molar refractivity (Wildman–Crippen MR) is 83.1 cm³/mol. The average Bonchev–Trinajstić information content (AvgIpc) is 2.47. The first-order chi connectivity index (χ1) is 10.1. The molecule has 0 spiro atoms. The Balaban J connectivity index is 2.65. The second kappa shape index (κ2) is 8.91. The van der Waals surface area contributed by atoms with Crippen LogP contribution in [0, 0.1) is 5.41 Å². The molecule has 0 aromatic rings. The number of allylic oxidation sites excluding steroid dienone is 3. The van der Waals surface area contributed by atoms with E-state index in [4.69, 9.17) is 10.2 Å². The number of rotatable bonds is 5. The van der Waals surface area contributed by atoms with Crippen LogP contribution in [0.2, 0.25) is 0 Å². The third-order valence-electron chi connectivity index (χ3n) is 3.09. The number of amidine groups is 1. The van der Waals surface area contributed by atoms with Gasteiger partial charge in [0.25, 0.3) is 0 Å². The second-order valence-corrected chi connectivity index (χ2v) is 4.55. The number of carbonyl (C=O) groups is 1. The summed E-state index contributed by atoms with van der Waals surface area (Å²) in [5, 5.41) is 7.16. The van der Waals surface area contributed by atoms with Crippen molar-refractivity contribution in [3.8, 4) is 0 Å². The topological polar surface area (TPSA) is 81.0 Å². The van der Waals surface area contributed by atoms with E-state index in [1.807, 2.05) is 30.1 Å². The molecule has 2 N–H and O–H groups in total. The van der Waals surface area contributed by atoms with E-state index in [-0.39, 0.29) is 5.91 Å². The lowest BCUT2D eigenvalue weighted by Gasteiger charge is -2.35. The highest BCUT2D eigenvalue weighted by Gasteiger charge is 2.19. The normalized spacial score (nSPS) is 17.3. The molecule has 1 fully saturated rings. The Bertz CT molecular complexity index is 448. The minimum absolute atomic E-state index is 0.0958. The van der Waals surface area contributed by atoms with Gasteiger partial charge in [-0.05, 0) is 19.1 Å². The van der Waals surface area contributed by atoms with Crippen molar-refractivity contribution in [2.24, 2.45) is 4.99 Å². The first kappa shape index (κ1) is 16.9. The van der Waals surface area contributed by atoms with Crippen molar-refractivity contribution in [2.75, 3.05) is 33.2 Å². The smallest absolute Gasteiger partial charge is 0.219 e. The van der Waals surface area contributed by atoms with Gasteiger partial charge in [0.2, 0.25) is 5.91 Å². The van der Waals surface area contributed by atoms with Gasteiger partial charge in [0, 0.05) is 40.2 Å². The Kier molecular flexibility index (Phi) is 7.17. The molecule has 1 saturated heterocycles. The Morgan fingerprint density at radius 3 is 2.38 bits per heavy atom. The number of hydroxylamine groups is 1. The van der Waals surface area contributed by atoms with Gasteiger partial charge in [-0.2, -0.15) is 5.48 Å². The Morgan fingerprint density at radius 2 is 1.86 bits per heavy atom. The summed E-state index contributed by atoms with van der Waals surface area (Å²) in [5.41, 5.74) is 2.59. The van der Waals surface area contributed by atoms with Gasteiger partial charge in [-0.3, -0.25) is 10.2 Å². The Labute approximate surface area is 125 Å². The van der Waals surface area contributed by atoms with Gasteiger partial charge in [0.1, 0.15) is 17.9 Å². The van der Waals surface area contributed by atoms with E-state index in [1.54, 1.807) is 14.0 Å². The summed E-state index contributed by atoms with van der Waals surface area (Å²) in [6.07, 6.45) is 6.49. The molecule has 0 saturated carbocycles. The maximum absolute atomic E-state index is 11.3. The molecule has 0 unspecified atom stereocenters. The van der Waals surface area contributed by atoms with Crippen LogP contribution in [0.1, 0.15) is 13.8 Å². The molecule has 1 heterocycles. The van der Waals surface area contributed by atoms with Gasteiger partial charge in [0.05, 0.1) is 0 Å². The van der Waals surface area contributed by atoms with Crippen LogP contribution in [0.15, 0.2) is 29.0 Å². The molecular weight excluding hydrogens is 270 g/mol. The number of amides is 1. The molecule has 21 heavy (non-hydrogen) atoms. The standard InChI is InChI=1S/C14H23N5O2/c1-12(21-16-3)5-4-6-14(17-11-15)19-9-7-18(8-10-19)13(2)20/h4-6,11,15-16H,7-10H2,1-3H3/b6-4+,12-5+,15-11?,17-14+. The van der Waals surface area contributed by atoms with E-state index >= 15 is 0 Å². The fourth-order valence-corrected chi connectivity index (χ4v) is 2.01. The van der Waals surface area contributed by atoms with Gasteiger partial charge in [-0.1, -0.05) is 6.08 Å². The number of hydrogen-bond donors (Lipinski definition) is 2. The van der Waals surface area contributed by atoms with Crippen LogP contribution in [-0.2, 0) is 9.63 Å². The van der Waals surface area contributed by atoms with Crippen LogP contribution in [0.3, 0.4) is 0 Å². The molecular formula is C14H23N5O2. The lowest BCUT2D eigenvalue weighted by Crippen LogP contribution is -2.49. The third kappa shape index (κ3) is 5.78. The Hall–Kier alpha value is -2.15. The molecule has 0 aliphatic carbocycles. The molecule has 0 radical (unpaired) electrons. The highest BCUT2D eigenvalue weighted by atomic mass is 16.6. The molecule has 7 nitrogen and oxygen atoms in total. The zero-order chi connectivity index (χ0) is 15.7. The van der Waals surface area contributed by atoms with E-state index in [9.17, 15) is 4.79 Å². The average molecular weight is 293 g/mol. The summed E-state index contributed by atoms with van der Waals surface area (Å²) in [5.74, 6) is 1.53. The van der Waals surface area contributed by atoms with Crippen LogP contribution in [-0.4, -0.2) is 61.1 Å². The number of nitrogens with one attached hydrogen (secondary N) is 2. The highest BCUT2D eigenvalue weighted by molar-refractivity contribution is 5.97. The van der Waals surface area contributed by atoms with Gasteiger partial charge >= 0.3 is 0 Å². The maximum atomic E-state index is 11.3. The van der Waals surface area contributed by atoms with Crippen molar-refractivity contribution in [3.05, 3.63) is 24.0 Å². The fourth-order valence-electron chi connectivity index (χ4n) is 2.01. The lowest BCUT2D eigenvalue weighted by molar-refractivity contribution is -0.130. The quantitative estimate of drug-likeness (QED) is 0.258. The first-order valence-electron chi connectivity index (χ1n) is 6.84. The molecule has 1 aliphatic rings. The van der Waals surface area contributed by atoms with Crippen molar-refractivity contribution in [1.29, 1.82) is 5.41 Å². The van der Waals surface area contributed by atoms with Gasteiger partial charge in [-0.25, -0.2) is 4.99 Å². The predicted octanol–water partition coefficient (Wildman–Crippen LogP) is 0.767. The van der Waals surface area contributed by atoms with E-state index in [0.29, 0.717) is 32.0 Å². The molecule has 1 rings (SSSR count). The number of carbonyl (C=O) groups excluding carboxylic acids is 1. The van der Waals surface area contributed by atoms with Gasteiger partial charge in [-0.15, -0.1) is 0 Å². The summed E-state index contributed by atoms with van der Waals surface area (Å²) < 4.78 is 0. The molecule has 0 bridgehead atoms. The van der Waals surface area contributed by atoms with Crippen LogP contribution in [0.25, 0.3) is 0 Å². The fraction of sp³-hybridized carbons (Fsp3) is 0.500. The molecule has 0 aromatic heterocycles. The molecule has 0 aromatic carbocycles. The number of piperazine rings is 1. The van der Waals surface area contributed by atoms with E-state index in [0.717, 1.165) is 12.1 Å². The SMILES string of the molecule is CNO/C(C)=C/C=C/C(=N\C=N)N1CCN(C(C)=O)CC1. The minimum atomic E-state index is 0.0958. The maximum Gasteiger partial charge on any atom is 0.219 e. The zero-order valence-electron chi connectivity index (χ0n) is 12.8.